The second-order valence-electron chi connectivity index (χ2n) is 5.17. The van der Waals surface area contributed by atoms with E-state index in [1.807, 2.05) is 22.0 Å². The Morgan fingerprint density at radius 2 is 2.13 bits per heavy atom. The molecular weight excluding hydrogens is 312 g/mol. The summed E-state index contributed by atoms with van der Waals surface area (Å²) >= 11 is 1.53. The van der Waals surface area contributed by atoms with Gasteiger partial charge < -0.3 is 9.14 Å². The van der Waals surface area contributed by atoms with Crippen LogP contribution in [-0.2, 0) is 4.74 Å². The summed E-state index contributed by atoms with van der Waals surface area (Å²) in [7, 11) is 0. The maximum absolute atomic E-state index is 12.2. The van der Waals surface area contributed by atoms with E-state index >= 15 is 0 Å². The van der Waals surface area contributed by atoms with Crippen molar-refractivity contribution < 1.29 is 14.3 Å². The van der Waals surface area contributed by atoms with Gasteiger partial charge >= 0.3 is 5.97 Å². The lowest BCUT2D eigenvalue weighted by atomic mass is 10.0. The lowest BCUT2D eigenvalue weighted by Gasteiger charge is -2.12. The number of nitrogens with zero attached hydrogens (tertiary/aromatic N) is 2. The predicted molar refractivity (Wildman–Crippen MR) is 89.2 cm³/mol. The molecule has 23 heavy (non-hydrogen) atoms. The molecule has 0 atom stereocenters. The van der Waals surface area contributed by atoms with E-state index in [0.29, 0.717) is 23.4 Å². The van der Waals surface area contributed by atoms with Crippen LogP contribution in [0.2, 0.25) is 0 Å². The van der Waals surface area contributed by atoms with E-state index < -0.39 is 5.97 Å². The molecular formula is C17H16N2O3S. The summed E-state index contributed by atoms with van der Waals surface area (Å²) in [5.74, 6) is -0.507. The van der Waals surface area contributed by atoms with Gasteiger partial charge in [-0.05, 0) is 31.5 Å². The maximum Gasteiger partial charge on any atom is 0.338 e. The fourth-order valence-corrected chi connectivity index (χ4v) is 3.31. The Balaban J connectivity index is 2.27. The van der Waals surface area contributed by atoms with Crippen molar-refractivity contribution in [3.63, 3.8) is 0 Å². The summed E-state index contributed by atoms with van der Waals surface area (Å²) in [5, 5.41) is 2.78. The summed E-state index contributed by atoms with van der Waals surface area (Å²) < 4.78 is 6.92. The van der Waals surface area contributed by atoms with Crippen LogP contribution < -0.4 is 0 Å². The number of pyridine rings is 1. The minimum atomic E-state index is -0.410. The van der Waals surface area contributed by atoms with Crippen molar-refractivity contribution in [1.82, 2.24) is 9.38 Å². The van der Waals surface area contributed by atoms with Crippen LogP contribution in [0.4, 0.5) is 0 Å². The standard InChI is InChI=1S/C17H16N2O3S/c1-4-22-17(21)14-8-13-7-12(16-18-5-6-23-16)9-19(13)15(10(14)2)11(3)20/h5-9H,4H2,1-3H3. The monoisotopic (exact) mass is 328 g/mol. The molecule has 0 aromatic carbocycles. The third-order valence-electron chi connectivity index (χ3n) is 3.65. The summed E-state index contributed by atoms with van der Waals surface area (Å²) in [4.78, 5) is 28.6. The number of thiazole rings is 1. The van der Waals surface area contributed by atoms with Crippen molar-refractivity contribution in [2.24, 2.45) is 0 Å². The van der Waals surface area contributed by atoms with Gasteiger partial charge in [0, 0.05) is 35.8 Å². The Morgan fingerprint density at radius 3 is 2.74 bits per heavy atom. The zero-order valence-corrected chi connectivity index (χ0v) is 13.9. The number of ether oxygens (including phenoxy) is 1. The molecule has 0 aliphatic heterocycles. The first kappa shape index (κ1) is 15.4. The summed E-state index contributed by atoms with van der Waals surface area (Å²) in [6.45, 7) is 5.32. The van der Waals surface area contributed by atoms with Crippen LogP contribution in [0.15, 0.2) is 29.9 Å². The molecule has 0 radical (unpaired) electrons. The van der Waals surface area contributed by atoms with Gasteiger partial charge in [0.15, 0.2) is 5.78 Å². The minimum Gasteiger partial charge on any atom is -0.462 e. The number of rotatable bonds is 4. The fourth-order valence-electron chi connectivity index (χ4n) is 2.69. The van der Waals surface area contributed by atoms with Gasteiger partial charge in [-0.25, -0.2) is 9.78 Å². The molecule has 3 aromatic heterocycles. The van der Waals surface area contributed by atoms with Crippen molar-refractivity contribution in [3.8, 4) is 10.6 Å². The lowest BCUT2D eigenvalue weighted by molar-refractivity contribution is 0.0525. The number of hydrogen-bond donors (Lipinski definition) is 0. The maximum atomic E-state index is 12.2. The van der Waals surface area contributed by atoms with Crippen molar-refractivity contribution in [2.75, 3.05) is 6.61 Å². The van der Waals surface area contributed by atoms with Gasteiger partial charge in [0.2, 0.25) is 0 Å². The van der Waals surface area contributed by atoms with Gasteiger partial charge in [-0.15, -0.1) is 11.3 Å². The molecule has 118 valence electrons. The van der Waals surface area contributed by atoms with E-state index in [2.05, 4.69) is 4.98 Å². The van der Waals surface area contributed by atoms with Gasteiger partial charge in [0.25, 0.3) is 0 Å². The second kappa shape index (κ2) is 5.96. The van der Waals surface area contributed by atoms with E-state index in [-0.39, 0.29) is 5.78 Å². The highest BCUT2D eigenvalue weighted by molar-refractivity contribution is 7.13. The van der Waals surface area contributed by atoms with Crippen LogP contribution in [0.1, 0.15) is 40.3 Å². The summed E-state index contributed by atoms with van der Waals surface area (Å²) in [5.41, 5.74) is 3.24. The molecule has 0 bridgehead atoms. The topological polar surface area (TPSA) is 60.7 Å². The van der Waals surface area contributed by atoms with Gasteiger partial charge in [0.1, 0.15) is 5.01 Å². The quantitative estimate of drug-likeness (QED) is 0.540. The summed E-state index contributed by atoms with van der Waals surface area (Å²) in [6, 6.07) is 3.68. The largest absolute Gasteiger partial charge is 0.462 e. The highest BCUT2D eigenvalue weighted by Crippen LogP contribution is 2.28. The third kappa shape index (κ3) is 2.66. The van der Waals surface area contributed by atoms with Crippen molar-refractivity contribution in [1.29, 1.82) is 0 Å². The average molecular weight is 328 g/mol. The third-order valence-corrected chi connectivity index (χ3v) is 4.47. The second-order valence-corrected chi connectivity index (χ2v) is 6.06. The molecule has 0 aliphatic rings. The Morgan fingerprint density at radius 1 is 1.35 bits per heavy atom. The SMILES string of the molecule is CCOC(=O)c1cc2cc(-c3nccs3)cn2c(C(C)=O)c1C. The number of hydrogen-bond acceptors (Lipinski definition) is 5. The molecule has 0 amide bonds. The number of Topliss-reactive ketones (excluding diaryl/α,β-unsaturated/α-hetero) is 1. The first-order valence-corrected chi connectivity index (χ1v) is 8.14. The highest BCUT2D eigenvalue weighted by atomic mass is 32.1. The number of ketones is 1. The van der Waals surface area contributed by atoms with Crippen molar-refractivity contribution in [2.45, 2.75) is 20.8 Å². The Kier molecular flexibility index (Phi) is 4.00. The first-order valence-electron chi connectivity index (χ1n) is 7.26. The Bertz CT molecular complexity index is 894. The Hall–Kier alpha value is -2.47. The average Bonchev–Trinajstić information content (AvgIpc) is 3.14. The summed E-state index contributed by atoms with van der Waals surface area (Å²) in [6.07, 6.45) is 3.62. The predicted octanol–water partition coefficient (Wildman–Crippen LogP) is 3.75. The van der Waals surface area contributed by atoms with Crippen LogP contribution in [-0.4, -0.2) is 27.7 Å². The molecule has 0 unspecified atom stereocenters. The molecule has 0 aliphatic carbocycles. The van der Waals surface area contributed by atoms with Crippen molar-refractivity contribution in [3.05, 3.63) is 46.7 Å². The molecule has 6 heteroatoms. The number of carbonyl (C=O) groups excluding carboxylic acids is 2. The van der Waals surface area contributed by atoms with E-state index in [9.17, 15) is 9.59 Å². The van der Waals surface area contributed by atoms with Crippen LogP contribution in [0, 0.1) is 6.92 Å². The highest BCUT2D eigenvalue weighted by Gasteiger charge is 2.20. The number of carbonyl (C=O) groups is 2. The van der Waals surface area contributed by atoms with Gasteiger partial charge in [-0.1, -0.05) is 0 Å². The van der Waals surface area contributed by atoms with E-state index in [0.717, 1.165) is 16.1 Å². The molecule has 0 saturated heterocycles. The Labute approximate surface area is 137 Å². The molecule has 3 heterocycles. The number of fused-ring (bicyclic) bond motifs is 1. The van der Waals surface area contributed by atoms with Crippen LogP contribution in [0.3, 0.4) is 0 Å². The smallest absolute Gasteiger partial charge is 0.338 e. The van der Waals surface area contributed by atoms with Crippen molar-refractivity contribution >= 4 is 28.6 Å². The van der Waals surface area contributed by atoms with E-state index in [1.165, 1.54) is 18.3 Å². The lowest BCUT2D eigenvalue weighted by Crippen LogP contribution is -2.13. The molecule has 0 N–H and O–H groups in total. The zero-order chi connectivity index (χ0) is 16.6. The molecule has 5 nitrogen and oxygen atoms in total. The number of esters is 1. The molecule has 3 aromatic rings. The fraction of sp³-hybridized carbons (Fsp3) is 0.235. The van der Waals surface area contributed by atoms with Gasteiger partial charge in [-0.3, -0.25) is 4.79 Å². The van der Waals surface area contributed by atoms with Crippen LogP contribution in [0.5, 0.6) is 0 Å². The zero-order valence-electron chi connectivity index (χ0n) is 13.1. The van der Waals surface area contributed by atoms with E-state index in [4.69, 9.17) is 4.74 Å². The molecule has 0 saturated carbocycles. The van der Waals surface area contributed by atoms with Crippen LogP contribution >= 0.6 is 11.3 Å². The minimum absolute atomic E-state index is 0.0973. The number of aromatic nitrogens is 2. The molecule has 0 spiro atoms. The first-order chi connectivity index (χ1) is 11.0. The normalized spacial score (nSPS) is 10.9. The van der Waals surface area contributed by atoms with Gasteiger partial charge in [-0.2, -0.15) is 0 Å². The molecule has 3 rings (SSSR count). The van der Waals surface area contributed by atoms with Crippen LogP contribution in [0.25, 0.3) is 16.1 Å². The van der Waals surface area contributed by atoms with E-state index in [1.54, 1.807) is 26.1 Å². The van der Waals surface area contributed by atoms with Gasteiger partial charge in [0.05, 0.1) is 17.9 Å². The molecule has 0 fully saturated rings.